The van der Waals surface area contributed by atoms with E-state index in [0.717, 1.165) is 15.7 Å². The average Bonchev–Trinajstić information content (AvgIpc) is 2.41. The normalized spacial score (nSPS) is 10.6. The van der Waals surface area contributed by atoms with Crippen LogP contribution in [0.15, 0.2) is 65.3 Å². The van der Waals surface area contributed by atoms with E-state index in [0.29, 0.717) is 5.56 Å². The van der Waals surface area contributed by atoms with Crippen molar-refractivity contribution in [2.24, 2.45) is 0 Å². The van der Waals surface area contributed by atoms with Gasteiger partial charge in [-0.15, -0.1) is 0 Å². The van der Waals surface area contributed by atoms with E-state index < -0.39 is 0 Å². The number of aryl methyl sites for hydroxylation is 1. The fourth-order valence-electron chi connectivity index (χ4n) is 1.60. The van der Waals surface area contributed by atoms with E-state index in [-0.39, 0.29) is 5.78 Å². The summed E-state index contributed by atoms with van der Waals surface area (Å²) in [5.74, 6) is -0.0143. The Labute approximate surface area is 121 Å². The lowest BCUT2D eigenvalue weighted by molar-refractivity contribution is 0.104. The molecule has 2 aromatic carbocycles. The van der Waals surface area contributed by atoms with Crippen LogP contribution in [0.3, 0.4) is 0 Å². The van der Waals surface area contributed by atoms with Gasteiger partial charge in [0.15, 0.2) is 5.78 Å². The molecule has 19 heavy (non-hydrogen) atoms. The molecule has 2 aromatic rings. The second-order valence-corrected chi connectivity index (χ2v) is 5.04. The average molecular weight is 316 g/mol. The highest BCUT2D eigenvalue weighted by molar-refractivity contribution is 9.10. The van der Waals surface area contributed by atoms with Gasteiger partial charge in [0.1, 0.15) is 0 Å². The maximum absolute atomic E-state index is 11.9. The summed E-state index contributed by atoms with van der Waals surface area (Å²) in [5, 5.41) is 3.08. The van der Waals surface area contributed by atoms with Gasteiger partial charge in [-0.3, -0.25) is 4.79 Å². The van der Waals surface area contributed by atoms with Gasteiger partial charge in [0.25, 0.3) is 0 Å². The molecule has 0 aromatic heterocycles. The van der Waals surface area contributed by atoms with Crippen molar-refractivity contribution in [3.05, 3.63) is 76.4 Å². The van der Waals surface area contributed by atoms with Crippen molar-refractivity contribution >= 4 is 27.4 Å². The minimum absolute atomic E-state index is 0.0143. The van der Waals surface area contributed by atoms with Gasteiger partial charge < -0.3 is 5.32 Å². The predicted octanol–water partition coefficient (Wildman–Crippen LogP) is 4.57. The van der Waals surface area contributed by atoms with Crippen molar-refractivity contribution in [2.45, 2.75) is 6.92 Å². The van der Waals surface area contributed by atoms with E-state index in [1.807, 2.05) is 55.5 Å². The smallest absolute Gasteiger partial charge is 0.187 e. The first-order chi connectivity index (χ1) is 9.16. The quantitative estimate of drug-likeness (QED) is 0.661. The molecule has 3 heteroatoms. The number of carbonyl (C=O) groups is 1. The molecular weight excluding hydrogens is 302 g/mol. The van der Waals surface area contributed by atoms with Crippen molar-refractivity contribution in [1.29, 1.82) is 0 Å². The molecule has 0 spiro atoms. The zero-order chi connectivity index (χ0) is 13.7. The first kappa shape index (κ1) is 13.6. The fraction of sp³-hybridized carbons (Fsp3) is 0.0625. The Bertz CT molecular complexity index is 602. The monoisotopic (exact) mass is 315 g/mol. The Hall–Kier alpha value is -1.87. The molecule has 0 aliphatic carbocycles. The summed E-state index contributed by atoms with van der Waals surface area (Å²) in [6, 6.07) is 15.3. The number of allylic oxidation sites excluding steroid dienone is 1. The first-order valence-corrected chi connectivity index (χ1v) is 6.75. The highest BCUT2D eigenvalue weighted by Gasteiger charge is 2.00. The molecule has 2 nitrogen and oxygen atoms in total. The number of anilines is 1. The molecule has 0 unspecified atom stereocenters. The molecule has 0 saturated carbocycles. The molecule has 0 saturated heterocycles. The third kappa shape index (κ3) is 3.80. The van der Waals surface area contributed by atoms with Gasteiger partial charge in [-0.1, -0.05) is 42.0 Å². The minimum Gasteiger partial charge on any atom is -0.361 e. The predicted molar refractivity (Wildman–Crippen MR) is 82.4 cm³/mol. The number of halogens is 1. The molecule has 1 N–H and O–H groups in total. The van der Waals surface area contributed by atoms with E-state index in [2.05, 4.69) is 21.2 Å². The molecule has 0 fully saturated rings. The standard InChI is InChI=1S/C16H14BrNO/c1-12-6-8-13(9-7-12)16(19)10-11-18-15-5-3-2-4-14(15)17/h2-11,18H,1H3/b11-10-. The van der Waals surface area contributed by atoms with Gasteiger partial charge in [-0.25, -0.2) is 0 Å². The molecular formula is C16H14BrNO. The Kier molecular flexibility index (Phi) is 4.53. The lowest BCUT2D eigenvalue weighted by atomic mass is 10.1. The van der Waals surface area contributed by atoms with E-state index in [4.69, 9.17) is 0 Å². The van der Waals surface area contributed by atoms with Crippen LogP contribution in [0.2, 0.25) is 0 Å². The fourth-order valence-corrected chi connectivity index (χ4v) is 2.00. The molecule has 0 amide bonds. The van der Waals surface area contributed by atoms with Crippen LogP contribution in [-0.2, 0) is 0 Å². The summed E-state index contributed by atoms with van der Waals surface area (Å²) >= 11 is 3.44. The van der Waals surface area contributed by atoms with E-state index in [1.165, 1.54) is 6.08 Å². The van der Waals surface area contributed by atoms with Gasteiger partial charge in [-0.05, 0) is 35.0 Å². The summed E-state index contributed by atoms with van der Waals surface area (Å²) in [7, 11) is 0. The van der Waals surface area contributed by atoms with Crippen molar-refractivity contribution in [1.82, 2.24) is 0 Å². The zero-order valence-electron chi connectivity index (χ0n) is 10.6. The molecule has 0 atom stereocenters. The number of hydrogen-bond donors (Lipinski definition) is 1. The zero-order valence-corrected chi connectivity index (χ0v) is 12.1. The third-order valence-corrected chi connectivity index (χ3v) is 3.37. The number of nitrogens with one attached hydrogen (secondary N) is 1. The molecule has 0 bridgehead atoms. The molecule has 0 heterocycles. The van der Waals surface area contributed by atoms with Gasteiger partial charge in [0, 0.05) is 22.3 Å². The Morgan fingerprint density at radius 3 is 2.47 bits per heavy atom. The number of para-hydroxylation sites is 1. The summed E-state index contributed by atoms with van der Waals surface area (Å²) < 4.78 is 0.961. The Balaban J connectivity index is 2.01. The molecule has 0 radical (unpaired) electrons. The van der Waals surface area contributed by atoms with Crippen LogP contribution in [-0.4, -0.2) is 5.78 Å². The largest absolute Gasteiger partial charge is 0.361 e. The van der Waals surface area contributed by atoms with Crippen LogP contribution in [0.4, 0.5) is 5.69 Å². The van der Waals surface area contributed by atoms with Crippen LogP contribution in [0.5, 0.6) is 0 Å². The molecule has 2 rings (SSSR count). The maximum atomic E-state index is 11.9. The number of rotatable bonds is 4. The Morgan fingerprint density at radius 1 is 1.11 bits per heavy atom. The third-order valence-electron chi connectivity index (χ3n) is 2.68. The molecule has 96 valence electrons. The SMILES string of the molecule is Cc1ccc(C(=O)/C=C\Nc2ccccc2Br)cc1. The van der Waals surface area contributed by atoms with Gasteiger partial charge in [0.2, 0.25) is 0 Å². The van der Waals surface area contributed by atoms with Gasteiger partial charge in [0.05, 0.1) is 5.69 Å². The topological polar surface area (TPSA) is 29.1 Å². The summed E-state index contributed by atoms with van der Waals surface area (Å²) in [4.78, 5) is 11.9. The molecule has 0 aliphatic heterocycles. The van der Waals surface area contributed by atoms with Crippen molar-refractivity contribution in [2.75, 3.05) is 5.32 Å². The maximum Gasteiger partial charge on any atom is 0.187 e. The van der Waals surface area contributed by atoms with Crippen LogP contribution in [0, 0.1) is 6.92 Å². The minimum atomic E-state index is -0.0143. The van der Waals surface area contributed by atoms with Crippen molar-refractivity contribution < 1.29 is 4.79 Å². The number of hydrogen-bond acceptors (Lipinski definition) is 2. The summed E-state index contributed by atoms with van der Waals surface area (Å²) in [5.41, 5.74) is 2.76. The first-order valence-electron chi connectivity index (χ1n) is 5.95. The Morgan fingerprint density at radius 2 is 1.79 bits per heavy atom. The second-order valence-electron chi connectivity index (χ2n) is 4.19. The number of ketones is 1. The van der Waals surface area contributed by atoms with E-state index >= 15 is 0 Å². The number of benzene rings is 2. The number of carbonyl (C=O) groups excluding carboxylic acids is 1. The van der Waals surface area contributed by atoms with Crippen LogP contribution in [0.1, 0.15) is 15.9 Å². The summed E-state index contributed by atoms with van der Waals surface area (Å²) in [6.45, 7) is 2.00. The van der Waals surface area contributed by atoms with Crippen molar-refractivity contribution in [3.8, 4) is 0 Å². The highest BCUT2D eigenvalue weighted by atomic mass is 79.9. The highest BCUT2D eigenvalue weighted by Crippen LogP contribution is 2.20. The lowest BCUT2D eigenvalue weighted by Gasteiger charge is -2.02. The van der Waals surface area contributed by atoms with Gasteiger partial charge >= 0.3 is 0 Å². The van der Waals surface area contributed by atoms with E-state index in [9.17, 15) is 4.79 Å². The van der Waals surface area contributed by atoms with E-state index in [1.54, 1.807) is 6.20 Å². The van der Waals surface area contributed by atoms with Crippen molar-refractivity contribution in [3.63, 3.8) is 0 Å². The van der Waals surface area contributed by atoms with Crippen LogP contribution in [0.25, 0.3) is 0 Å². The van der Waals surface area contributed by atoms with Crippen LogP contribution >= 0.6 is 15.9 Å². The van der Waals surface area contributed by atoms with Gasteiger partial charge in [-0.2, -0.15) is 0 Å². The summed E-state index contributed by atoms with van der Waals surface area (Å²) in [6.07, 6.45) is 3.19. The van der Waals surface area contributed by atoms with Crippen LogP contribution < -0.4 is 5.32 Å². The molecule has 0 aliphatic rings. The lowest BCUT2D eigenvalue weighted by Crippen LogP contribution is -1.96. The second kappa shape index (κ2) is 6.34.